The Kier molecular flexibility index (Phi) is 4.96. The number of carbonyl (C=O) groups is 1. The summed E-state index contributed by atoms with van der Waals surface area (Å²) in [4.78, 5) is 31.0. The average molecular weight is 411 g/mol. The van der Waals surface area contributed by atoms with E-state index in [4.69, 9.17) is 11.6 Å². The van der Waals surface area contributed by atoms with Crippen molar-refractivity contribution in [2.24, 2.45) is 0 Å². The highest BCUT2D eigenvalue weighted by molar-refractivity contribution is 7.21. The van der Waals surface area contributed by atoms with Gasteiger partial charge in [0.1, 0.15) is 0 Å². The molecular weight excluding hydrogens is 392 g/mol. The topological polar surface area (TPSA) is 53.2 Å². The number of aromatic amines is 1. The van der Waals surface area contributed by atoms with E-state index < -0.39 is 0 Å². The van der Waals surface area contributed by atoms with E-state index in [1.807, 2.05) is 44.2 Å². The molecule has 0 unspecified atom stereocenters. The lowest BCUT2D eigenvalue weighted by Crippen LogP contribution is -2.31. The Labute approximate surface area is 171 Å². The van der Waals surface area contributed by atoms with E-state index in [9.17, 15) is 9.59 Å². The van der Waals surface area contributed by atoms with Crippen LogP contribution in [0.5, 0.6) is 0 Å². The first-order chi connectivity index (χ1) is 13.5. The standard InChI is InChI=1S/C22H19ClN2O2S/c1-3-9-25(15-6-4-5-14(23)11-15)22(27)19-12-17-20(28-19)16-10-13(2)7-8-18(16)24-21(17)26/h4-8,10-12H,3,9H2,1-2H3,(H,24,26). The maximum Gasteiger partial charge on any atom is 0.268 e. The second kappa shape index (κ2) is 7.41. The molecule has 0 aliphatic rings. The number of carbonyl (C=O) groups excluding carboxylic acids is 1. The van der Waals surface area contributed by atoms with Gasteiger partial charge < -0.3 is 9.88 Å². The molecule has 2 aromatic carbocycles. The molecule has 142 valence electrons. The van der Waals surface area contributed by atoms with Crippen LogP contribution in [0.3, 0.4) is 0 Å². The number of amides is 1. The van der Waals surface area contributed by atoms with Gasteiger partial charge in [-0.25, -0.2) is 0 Å². The van der Waals surface area contributed by atoms with Gasteiger partial charge in [0.25, 0.3) is 11.5 Å². The van der Waals surface area contributed by atoms with Crippen LogP contribution in [0.25, 0.3) is 21.0 Å². The van der Waals surface area contributed by atoms with Crippen LogP contribution in [0.4, 0.5) is 5.69 Å². The summed E-state index contributed by atoms with van der Waals surface area (Å²) in [5.41, 5.74) is 2.47. The minimum absolute atomic E-state index is 0.120. The van der Waals surface area contributed by atoms with Gasteiger partial charge >= 0.3 is 0 Å². The molecule has 0 aliphatic carbocycles. The number of hydrogen-bond acceptors (Lipinski definition) is 3. The number of halogens is 1. The minimum Gasteiger partial charge on any atom is -0.321 e. The molecule has 0 aliphatic heterocycles. The van der Waals surface area contributed by atoms with E-state index in [-0.39, 0.29) is 11.5 Å². The number of benzene rings is 2. The van der Waals surface area contributed by atoms with Crippen molar-refractivity contribution in [1.29, 1.82) is 0 Å². The normalized spacial score (nSPS) is 11.2. The van der Waals surface area contributed by atoms with Gasteiger partial charge in [-0.05, 0) is 49.7 Å². The maximum atomic E-state index is 13.3. The molecule has 0 fully saturated rings. The van der Waals surface area contributed by atoms with Crippen molar-refractivity contribution < 1.29 is 4.79 Å². The Morgan fingerprint density at radius 2 is 1.96 bits per heavy atom. The Hall–Kier alpha value is -2.63. The lowest BCUT2D eigenvalue weighted by Gasteiger charge is -2.21. The Morgan fingerprint density at radius 3 is 2.71 bits per heavy atom. The summed E-state index contributed by atoms with van der Waals surface area (Å²) in [6.07, 6.45) is 0.811. The van der Waals surface area contributed by atoms with Crippen LogP contribution < -0.4 is 10.5 Å². The van der Waals surface area contributed by atoms with Crippen molar-refractivity contribution in [3.05, 3.63) is 74.3 Å². The first kappa shape index (κ1) is 18.7. The van der Waals surface area contributed by atoms with Crippen LogP contribution >= 0.6 is 22.9 Å². The molecular formula is C22H19ClN2O2S. The zero-order chi connectivity index (χ0) is 19.8. The lowest BCUT2D eigenvalue weighted by atomic mass is 10.1. The predicted octanol–water partition coefficient (Wildman–Crippen LogP) is 5.76. The number of aromatic nitrogens is 1. The molecule has 2 aromatic heterocycles. The predicted molar refractivity (Wildman–Crippen MR) is 118 cm³/mol. The van der Waals surface area contributed by atoms with Crippen LogP contribution in [0.2, 0.25) is 5.02 Å². The number of anilines is 1. The van der Waals surface area contributed by atoms with Crippen molar-refractivity contribution in [2.75, 3.05) is 11.4 Å². The number of fused-ring (bicyclic) bond motifs is 3. The van der Waals surface area contributed by atoms with E-state index in [0.29, 0.717) is 21.8 Å². The largest absolute Gasteiger partial charge is 0.321 e. The smallest absolute Gasteiger partial charge is 0.268 e. The third-order valence-electron chi connectivity index (χ3n) is 4.67. The van der Waals surface area contributed by atoms with Crippen LogP contribution in [0.1, 0.15) is 28.6 Å². The maximum absolute atomic E-state index is 13.3. The van der Waals surface area contributed by atoms with Gasteiger partial charge in [-0.2, -0.15) is 0 Å². The molecule has 6 heteroatoms. The highest BCUT2D eigenvalue weighted by Gasteiger charge is 2.21. The van der Waals surface area contributed by atoms with Gasteiger partial charge in [-0.15, -0.1) is 11.3 Å². The van der Waals surface area contributed by atoms with E-state index >= 15 is 0 Å². The zero-order valence-corrected chi connectivity index (χ0v) is 17.2. The fourth-order valence-electron chi connectivity index (χ4n) is 3.36. The van der Waals surface area contributed by atoms with Gasteiger partial charge in [0.05, 0.1) is 10.3 Å². The van der Waals surface area contributed by atoms with Crippen LogP contribution in [-0.2, 0) is 0 Å². The molecule has 4 rings (SSSR count). The van der Waals surface area contributed by atoms with Gasteiger partial charge in [0.2, 0.25) is 0 Å². The second-order valence-electron chi connectivity index (χ2n) is 6.79. The molecule has 0 spiro atoms. The van der Waals surface area contributed by atoms with Crippen LogP contribution in [0.15, 0.2) is 53.3 Å². The molecule has 2 heterocycles. The van der Waals surface area contributed by atoms with Crippen molar-refractivity contribution in [3.63, 3.8) is 0 Å². The van der Waals surface area contributed by atoms with E-state index in [1.165, 1.54) is 11.3 Å². The minimum atomic E-state index is -0.175. The molecule has 0 saturated heterocycles. The highest BCUT2D eigenvalue weighted by atomic mass is 35.5. The molecule has 4 aromatic rings. The summed E-state index contributed by atoms with van der Waals surface area (Å²) in [6.45, 7) is 4.61. The van der Waals surface area contributed by atoms with Gasteiger partial charge in [0.15, 0.2) is 0 Å². The number of nitrogens with one attached hydrogen (secondary N) is 1. The van der Waals surface area contributed by atoms with E-state index in [2.05, 4.69) is 4.98 Å². The number of nitrogens with zero attached hydrogens (tertiary/aromatic N) is 1. The summed E-state index contributed by atoms with van der Waals surface area (Å²) in [7, 11) is 0. The number of H-pyrrole nitrogens is 1. The molecule has 4 nitrogen and oxygen atoms in total. The van der Waals surface area contributed by atoms with Gasteiger partial charge in [-0.3, -0.25) is 9.59 Å². The van der Waals surface area contributed by atoms with Crippen LogP contribution in [-0.4, -0.2) is 17.4 Å². The second-order valence-corrected chi connectivity index (χ2v) is 8.28. The monoisotopic (exact) mass is 410 g/mol. The highest BCUT2D eigenvalue weighted by Crippen LogP contribution is 2.32. The molecule has 0 saturated carbocycles. The molecule has 28 heavy (non-hydrogen) atoms. The average Bonchev–Trinajstić information content (AvgIpc) is 3.13. The van der Waals surface area contributed by atoms with Crippen molar-refractivity contribution in [1.82, 2.24) is 4.98 Å². The molecule has 1 amide bonds. The number of hydrogen-bond donors (Lipinski definition) is 1. The summed E-state index contributed by atoms with van der Waals surface area (Å²) in [5, 5.41) is 2.10. The Morgan fingerprint density at radius 1 is 1.14 bits per heavy atom. The van der Waals surface area contributed by atoms with Crippen molar-refractivity contribution >= 4 is 55.5 Å². The van der Waals surface area contributed by atoms with E-state index in [1.54, 1.807) is 23.1 Å². The van der Waals surface area contributed by atoms with Crippen molar-refractivity contribution in [2.45, 2.75) is 20.3 Å². The van der Waals surface area contributed by atoms with Gasteiger partial charge in [0, 0.05) is 32.9 Å². The Balaban J connectivity index is 1.86. The zero-order valence-electron chi connectivity index (χ0n) is 15.6. The van der Waals surface area contributed by atoms with Gasteiger partial charge in [-0.1, -0.05) is 36.2 Å². The third-order valence-corrected chi connectivity index (χ3v) is 6.06. The molecule has 0 radical (unpaired) electrons. The molecule has 0 bridgehead atoms. The number of rotatable bonds is 4. The SMILES string of the molecule is CCCN(C(=O)c1cc2c(=O)[nH]c3ccc(C)cc3c2s1)c1cccc(Cl)c1. The fraction of sp³-hybridized carbons (Fsp3) is 0.182. The number of thiophene rings is 1. The summed E-state index contributed by atoms with van der Waals surface area (Å²) in [5.74, 6) is -0.120. The molecule has 1 N–H and O–H groups in total. The quantitative estimate of drug-likeness (QED) is 0.465. The van der Waals surface area contributed by atoms with E-state index in [0.717, 1.165) is 33.3 Å². The van der Waals surface area contributed by atoms with Crippen LogP contribution in [0, 0.1) is 6.92 Å². The summed E-state index contributed by atoms with van der Waals surface area (Å²) in [6, 6.07) is 14.9. The first-order valence-electron chi connectivity index (χ1n) is 9.11. The number of aryl methyl sites for hydroxylation is 1. The fourth-order valence-corrected chi connectivity index (χ4v) is 4.68. The van der Waals surface area contributed by atoms with Crippen molar-refractivity contribution in [3.8, 4) is 0 Å². The molecule has 0 atom stereocenters. The third kappa shape index (κ3) is 3.32. The summed E-state index contributed by atoms with van der Waals surface area (Å²) >= 11 is 7.49. The lowest BCUT2D eigenvalue weighted by molar-refractivity contribution is 0.0991. The summed E-state index contributed by atoms with van der Waals surface area (Å²) < 4.78 is 0.841. The Bertz CT molecular complexity index is 1260. The number of pyridine rings is 1. The first-order valence-corrected chi connectivity index (χ1v) is 10.3.